The molecule has 7 nitrogen and oxygen atoms in total. The van der Waals surface area contributed by atoms with Gasteiger partial charge in [0.15, 0.2) is 0 Å². The Hall–Kier alpha value is -2.51. The van der Waals surface area contributed by atoms with Crippen LogP contribution in [-0.2, 0) is 0 Å². The molecule has 1 aliphatic rings. The number of nitrogens with one attached hydrogen (secondary N) is 2. The second kappa shape index (κ2) is 9.84. The van der Waals surface area contributed by atoms with Gasteiger partial charge in [0.2, 0.25) is 0 Å². The molecule has 2 heterocycles. The third-order valence-corrected chi connectivity index (χ3v) is 4.03. The van der Waals surface area contributed by atoms with Crippen molar-refractivity contribution in [1.29, 1.82) is 0 Å². The lowest BCUT2D eigenvalue weighted by Gasteiger charge is -2.35. The number of hydrogen-bond acceptors (Lipinski definition) is 5. The van der Waals surface area contributed by atoms with Crippen LogP contribution in [0.5, 0.6) is 11.5 Å². The van der Waals surface area contributed by atoms with E-state index in [9.17, 15) is 4.79 Å². The van der Waals surface area contributed by atoms with Crippen LogP contribution in [0, 0.1) is 0 Å². The molecule has 1 fully saturated rings. The van der Waals surface area contributed by atoms with Crippen LogP contribution in [0.15, 0.2) is 48.8 Å². The summed E-state index contributed by atoms with van der Waals surface area (Å²) in [5, 5.41) is 6.23. The van der Waals surface area contributed by atoms with Crippen LogP contribution in [0.4, 0.5) is 10.5 Å². The summed E-state index contributed by atoms with van der Waals surface area (Å²) in [6, 6.07) is 10.8. The van der Waals surface area contributed by atoms with Gasteiger partial charge < -0.3 is 25.0 Å². The van der Waals surface area contributed by atoms with Gasteiger partial charge >= 0.3 is 6.03 Å². The molecule has 0 spiro atoms. The third kappa shape index (κ3) is 5.24. The molecule has 0 bridgehead atoms. The second-order valence-corrected chi connectivity index (χ2v) is 5.71. The molecule has 1 aromatic heterocycles. The lowest BCUT2D eigenvalue weighted by Crippen LogP contribution is -2.57. The molecule has 1 aliphatic heterocycles. The van der Waals surface area contributed by atoms with Gasteiger partial charge in [-0.2, -0.15) is 0 Å². The fourth-order valence-electron chi connectivity index (χ4n) is 2.67. The quantitative estimate of drug-likeness (QED) is 0.835. The number of aromatic nitrogens is 1. The summed E-state index contributed by atoms with van der Waals surface area (Å²) in [4.78, 5) is 18.5. The molecule has 0 saturated carbocycles. The molecule has 0 aliphatic carbocycles. The predicted octanol–water partition coefficient (Wildman–Crippen LogP) is 2.40. The first kappa shape index (κ1) is 19.8. The number of halogens is 1. The SMILES string of the molecule is COc1ccc(NC(=O)N2CCNCC2COc2cccnc2)cc1.Cl. The maximum absolute atomic E-state index is 12.6. The molecular weight excluding hydrogens is 356 g/mol. The second-order valence-electron chi connectivity index (χ2n) is 5.71. The molecule has 1 saturated heterocycles. The Morgan fingerprint density at radius 3 is 2.81 bits per heavy atom. The van der Waals surface area contributed by atoms with Crippen molar-refractivity contribution in [2.75, 3.05) is 38.7 Å². The number of amides is 2. The average molecular weight is 379 g/mol. The van der Waals surface area contributed by atoms with Crippen LogP contribution in [0.25, 0.3) is 0 Å². The molecule has 2 aromatic rings. The summed E-state index contributed by atoms with van der Waals surface area (Å²) >= 11 is 0. The van der Waals surface area contributed by atoms with E-state index in [4.69, 9.17) is 9.47 Å². The number of benzene rings is 1. The fraction of sp³-hybridized carbons (Fsp3) is 0.333. The van der Waals surface area contributed by atoms with E-state index in [1.165, 1.54) is 0 Å². The van der Waals surface area contributed by atoms with Gasteiger partial charge in [0.1, 0.15) is 18.1 Å². The zero-order valence-corrected chi connectivity index (χ0v) is 15.4. The van der Waals surface area contributed by atoms with E-state index in [-0.39, 0.29) is 24.5 Å². The Morgan fingerprint density at radius 2 is 2.12 bits per heavy atom. The minimum Gasteiger partial charge on any atom is -0.497 e. The van der Waals surface area contributed by atoms with E-state index in [2.05, 4.69) is 15.6 Å². The largest absolute Gasteiger partial charge is 0.497 e. The number of methoxy groups -OCH3 is 1. The van der Waals surface area contributed by atoms with E-state index in [1.54, 1.807) is 24.4 Å². The fourth-order valence-corrected chi connectivity index (χ4v) is 2.67. The molecular formula is C18H23ClN4O3. The first-order valence-electron chi connectivity index (χ1n) is 8.21. The highest BCUT2D eigenvalue weighted by molar-refractivity contribution is 5.89. The van der Waals surface area contributed by atoms with Gasteiger partial charge in [-0.1, -0.05) is 0 Å². The van der Waals surface area contributed by atoms with Crippen molar-refractivity contribution >= 4 is 24.1 Å². The van der Waals surface area contributed by atoms with E-state index in [0.29, 0.717) is 25.4 Å². The zero-order valence-electron chi connectivity index (χ0n) is 14.6. The maximum atomic E-state index is 12.6. The smallest absolute Gasteiger partial charge is 0.322 e. The van der Waals surface area contributed by atoms with Crippen LogP contribution in [-0.4, -0.2) is 55.3 Å². The van der Waals surface area contributed by atoms with Crippen LogP contribution < -0.4 is 20.1 Å². The topological polar surface area (TPSA) is 75.7 Å². The van der Waals surface area contributed by atoms with Crippen molar-refractivity contribution in [3.05, 3.63) is 48.8 Å². The van der Waals surface area contributed by atoms with Crippen LogP contribution in [0.3, 0.4) is 0 Å². The Kier molecular flexibility index (Phi) is 7.50. The van der Waals surface area contributed by atoms with Crippen LogP contribution >= 0.6 is 12.4 Å². The molecule has 0 radical (unpaired) electrons. The molecule has 2 N–H and O–H groups in total. The maximum Gasteiger partial charge on any atom is 0.322 e. The summed E-state index contributed by atoms with van der Waals surface area (Å²) in [5.41, 5.74) is 0.733. The van der Waals surface area contributed by atoms with Gasteiger partial charge in [0, 0.05) is 31.5 Å². The third-order valence-electron chi connectivity index (χ3n) is 4.03. The molecule has 3 rings (SSSR count). The van der Waals surface area contributed by atoms with Crippen LogP contribution in [0.1, 0.15) is 0 Å². The lowest BCUT2D eigenvalue weighted by atomic mass is 10.2. The minimum atomic E-state index is -0.133. The van der Waals surface area contributed by atoms with E-state index in [1.807, 2.05) is 36.4 Å². The number of nitrogens with zero attached hydrogens (tertiary/aromatic N) is 2. The molecule has 2 amide bonds. The molecule has 140 valence electrons. The van der Waals surface area contributed by atoms with Crippen molar-refractivity contribution in [2.45, 2.75) is 6.04 Å². The van der Waals surface area contributed by atoms with Gasteiger partial charge in [-0.25, -0.2) is 4.79 Å². The van der Waals surface area contributed by atoms with Gasteiger partial charge in [-0.3, -0.25) is 4.98 Å². The number of piperazine rings is 1. The number of anilines is 1. The monoisotopic (exact) mass is 378 g/mol. The number of ether oxygens (including phenoxy) is 2. The first-order valence-corrected chi connectivity index (χ1v) is 8.21. The highest BCUT2D eigenvalue weighted by Gasteiger charge is 2.27. The summed E-state index contributed by atoms with van der Waals surface area (Å²) < 4.78 is 10.9. The van der Waals surface area contributed by atoms with Crippen LogP contribution in [0.2, 0.25) is 0 Å². The van der Waals surface area contributed by atoms with Crippen molar-refractivity contribution in [3.63, 3.8) is 0 Å². The molecule has 1 unspecified atom stereocenters. The Morgan fingerprint density at radius 1 is 1.31 bits per heavy atom. The molecule has 1 aromatic carbocycles. The summed E-state index contributed by atoms with van der Waals surface area (Å²) in [5.74, 6) is 1.45. The lowest BCUT2D eigenvalue weighted by molar-refractivity contribution is 0.133. The number of urea groups is 1. The van der Waals surface area contributed by atoms with Gasteiger partial charge in [0.05, 0.1) is 19.3 Å². The highest BCUT2D eigenvalue weighted by Crippen LogP contribution is 2.17. The summed E-state index contributed by atoms with van der Waals surface area (Å²) in [6.45, 7) is 2.49. The van der Waals surface area contributed by atoms with Crippen molar-refractivity contribution in [2.24, 2.45) is 0 Å². The van der Waals surface area contributed by atoms with Crippen molar-refractivity contribution in [1.82, 2.24) is 15.2 Å². The number of hydrogen-bond donors (Lipinski definition) is 2. The normalized spacial score (nSPS) is 16.3. The van der Waals surface area contributed by atoms with Crippen molar-refractivity contribution in [3.8, 4) is 11.5 Å². The average Bonchev–Trinajstić information content (AvgIpc) is 2.68. The molecule has 26 heavy (non-hydrogen) atoms. The molecule has 8 heteroatoms. The number of carbonyl (C=O) groups is 1. The summed E-state index contributed by atoms with van der Waals surface area (Å²) in [6.07, 6.45) is 3.36. The number of carbonyl (C=O) groups excluding carboxylic acids is 1. The van der Waals surface area contributed by atoms with E-state index >= 15 is 0 Å². The Labute approximate surface area is 159 Å². The van der Waals surface area contributed by atoms with Gasteiger partial charge in [-0.05, 0) is 36.4 Å². The first-order chi connectivity index (χ1) is 12.3. The highest BCUT2D eigenvalue weighted by atomic mass is 35.5. The van der Waals surface area contributed by atoms with Gasteiger partial charge in [-0.15, -0.1) is 12.4 Å². The van der Waals surface area contributed by atoms with Crippen molar-refractivity contribution < 1.29 is 14.3 Å². The Balaban J connectivity index is 0.00000243. The van der Waals surface area contributed by atoms with E-state index in [0.717, 1.165) is 18.0 Å². The standard InChI is InChI=1S/C18H22N4O3.ClH/c1-24-16-6-4-14(5-7-16)21-18(23)22-10-9-20-11-15(22)13-25-17-3-2-8-19-12-17;/h2-8,12,15,20H,9-11,13H2,1H3,(H,21,23);1H. The number of pyridine rings is 1. The minimum absolute atomic E-state index is 0. The Bertz CT molecular complexity index is 685. The predicted molar refractivity (Wildman–Crippen MR) is 102 cm³/mol. The zero-order chi connectivity index (χ0) is 17.5. The number of rotatable bonds is 5. The van der Waals surface area contributed by atoms with Gasteiger partial charge in [0.25, 0.3) is 0 Å². The van der Waals surface area contributed by atoms with E-state index < -0.39 is 0 Å². The summed E-state index contributed by atoms with van der Waals surface area (Å²) in [7, 11) is 1.61. The molecule has 1 atom stereocenters.